The molecule has 2 bridgehead atoms. The molecule has 0 aromatic heterocycles. The maximum Gasteiger partial charge on any atom is 0.319 e. The minimum absolute atomic E-state index is 0.00785. The van der Waals surface area contributed by atoms with Crippen LogP contribution in [0.25, 0.3) is 0 Å². The van der Waals surface area contributed by atoms with Crippen LogP contribution in [0.4, 0.5) is 19.3 Å². The summed E-state index contributed by atoms with van der Waals surface area (Å²) in [5.41, 5.74) is 2.63. The lowest BCUT2D eigenvalue weighted by Crippen LogP contribution is -3.20. The van der Waals surface area contributed by atoms with Crippen molar-refractivity contribution in [2.24, 2.45) is 0 Å². The predicted molar refractivity (Wildman–Crippen MR) is 109 cm³/mol. The summed E-state index contributed by atoms with van der Waals surface area (Å²) in [4.78, 5) is 14.0. The molecule has 4 atom stereocenters. The molecule has 2 aromatic carbocycles. The zero-order chi connectivity index (χ0) is 20.4. The fourth-order valence-corrected chi connectivity index (χ4v) is 4.92. The number of aryl methyl sites for hydroxylation is 1. The van der Waals surface area contributed by atoms with Crippen LogP contribution in [0, 0.1) is 18.6 Å². The van der Waals surface area contributed by atoms with Crippen molar-refractivity contribution >= 4 is 11.7 Å². The molecule has 2 saturated heterocycles. The van der Waals surface area contributed by atoms with E-state index in [1.807, 2.05) is 0 Å². The molecule has 2 aromatic rings. The Bertz CT molecular complexity index is 857. The third-order valence-electron chi connectivity index (χ3n) is 6.34. The Hall–Kier alpha value is -2.47. The second-order valence-corrected chi connectivity index (χ2v) is 8.45. The van der Waals surface area contributed by atoms with Gasteiger partial charge in [-0.1, -0.05) is 29.8 Å². The van der Waals surface area contributed by atoms with Crippen LogP contribution in [0.3, 0.4) is 0 Å². The molecule has 4 rings (SSSR count). The van der Waals surface area contributed by atoms with Crippen molar-refractivity contribution in [3.05, 3.63) is 65.2 Å². The van der Waals surface area contributed by atoms with Gasteiger partial charge in [0.1, 0.15) is 18.2 Å². The van der Waals surface area contributed by atoms with Gasteiger partial charge in [-0.15, -0.1) is 0 Å². The van der Waals surface area contributed by atoms with Gasteiger partial charge in [0.15, 0.2) is 0 Å². The van der Waals surface area contributed by atoms with Gasteiger partial charge in [-0.3, -0.25) is 0 Å². The highest BCUT2D eigenvalue weighted by molar-refractivity contribution is 5.89. The molecule has 4 nitrogen and oxygen atoms in total. The predicted octanol–water partition coefficient (Wildman–Crippen LogP) is 3.56. The monoisotopic (exact) mass is 400 g/mol. The highest BCUT2D eigenvalue weighted by Gasteiger charge is 2.42. The summed E-state index contributed by atoms with van der Waals surface area (Å²) < 4.78 is 26.8. The smallest absolute Gasteiger partial charge is 0.319 e. The van der Waals surface area contributed by atoms with E-state index in [-0.39, 0.29) is 11.7 Å². The summed E-state index contributed by atoms with van der Waals surface area (Å²) in [6, 6.07) is 12.6. The molecule has 2 aliphatic heterocycles. The van der Waals surface area contributed by atoms with Gasteiger partial charge in [-0.2, -0.15) is 0 Å². The number of quaternary nitrogens is 1. The number of rotatable bonds is 4. The number of carbonyl (C=O) groups excluding carboxylic acids is 1. The molecule has 29 heavy (non-hydrogen) atoms. The number of fused-ring (bicyclic) bond motifs is 2. The molecule has 0 aliphatic carbocycles. The van der Waals surface area contributed by atoms with Crippen molar-refractivity contribution in [2.75, 3.05) is 5.32 Å². The van der Waals surface area contributed by atoms with Gasteiger partial charge in [0, 0.05) is 30.5 Å². The first-order valence-corrected chi connectivity index (χ1v) is 10.4. The Morgan fingerprint density at radius 3 is 2.41 bits per heavy atom. The van der Waals surface area contributed by atoms with E-state index in [0.29, 0.717) is 12.1 Å². The number of halogens is 2. The maximum absolute atomic E-state index is 13.8. The van der Waals surface area contributed by atoms with E-state index >= 15 is 0 Å². The number of anilines is 1. The van der Waals surface area contributed by atoms with Gasteiger partial charge in [0.05, 0.1) is 17.8 Å². The fraction of sp³-hybridized carbons (Fsp3) is 0.435. The van der Waals surface area contributed by atoms with Crippen LogP contribution in [0.2, 0.25) is 0 Å². The Balaban J connectivity index is 1.36. The number of hydrogen-bond donors (Lipinski definition) is 3. The van der Waals surface area contributed by atoms with Gasteiger partial charge in [0.25, 0.3) is 0 Å². The molecule has 3 N–H and O–H groups in total. The first-order chi connectivity index (χ1) is 14.0. The average Bonchev–Trinajstić information content (AvgIpc) is 2.66. The second-order valence-electron chi connectivity index (χ2n) is 8.45. The topological polar surface area (TPSA) is 45.6 Å². The molecule has 2 fully saturated rings. The van der Waals surface area contributed by atoms with E-state index in [9.17, 15) is 13.6 Å². The third-order valence-corrected chi connectivity index (χ3v) is 6.34. The summed E-state index contributed by atoms with van der Waals surface area (Å²) in [7, 11) is 0. The van der Waals surface area contributed by atoms with Crippen LogP contribution in [-0.4, -0.2) is 24.2 Å². The summed E-state index contributed by atoms with van der Waals surface area (Å²) in [5.74, 6) is -1.43. The van der Waals surface area contributed by atoms with Gasteiger partial charge < -0.3 is 15.5 Å². The first-order valence-electron chi connectivity index (χ1n) is 10.4. The van der Waals surface area contributed by atoms with Gasteiger partial charge in [-0.05, 0) is 38.3 Å². The minimum Gasteiger partial charge on any atom is -0.335 e. The number of amides is 2. The van der Waals surface area contributed by atoms with Crippen molar-refractivity contribution in [3.8, 4) is 0 Å². The number of nitrogens with one attached hydrogen (secondary N) is 3. The van der Waals surface area contributed by atoms with Crippen molar-refractivity contribution < 1.29 is 18.5 Å². The molecule has 0 radical (unpaired) electrons. The normalized spacial score (nSPS) is 26.0. The third kappa shape index (κ3) is 4.75. The highest BCUT2D eigenvalue weighted by atomic mass is 19.1. The molecule has 0 saturated carbocycles. The Morgan fingerprint density at radius 1 is 1.07 bits per heavy atom. The summed E-state index contributed by atoms with van der Waals surface area (Å²) >= 11 is 0. The SMILES string of the molecule is Cc1ccc(C[NH+]2[C@@H]3CCC[C@H]2CC(NC(=O)Nc2ccc(F)cc2F)C3)cc1. The van der Waals surface area contributed by atoms with E-state index in [2.05, 4.69) is 41.8 Å². The summed E-state index contributed by atoms with van der Waals surface area (Å²) in [6.07, 6.45) is 5.44. The largest absolute Gasteiger partial charge is 0.335 e. The average molecular weight is 400 g/mol. The lowest BCUT2D eigenvalue weighted by molar-refractivity contribution is -0.973. The quantitative estimate of drug-likeness (QED) is 0.722. The first kappa shape index (κ1) is 19.8. The van der Waals surface area contributed by atoms with Crippen molar-refractivity contribution in [3.63, 3.8) is 0 Å². The standard InChI is InChI=1S/C23H27F2N3O/c1-15-5-7-16(8-6-15)14-28-19-3-2-4-20(28)13-18(12-19)26-23(29)27-22-10-9-17(24)11-21(22)25/h5-11,18-20H,2-4,12-14H2,1H3,(H2,26,27,29)/p+1/t18?,19-,20+. The van der Waals surface area contributed by atoms with E-state index in [1.54, 1.807) is 4.90 Å². The molecule has 0 spiro atoms. The van der Waals surface area contributed by atoms with Crippen molar-refractivity contribution in [2.45, 2.75) is 63.7 Å². The van der Waals surface area contributed by atoms with E-state index in [1.165, 1.54) is 36.5 Å². The van der Waals surface area contributed by atoms with Crippen LogP contribution in [0.15, 0.2) is 42.5 Å². The number of benzene rings is 2. The van der Waals surface area contributed by atoms with Gasteiger partial charge in [-0.25, -0.2) is 13.6 Å². The second kappa shape index (κ2) is 8.49. The number of carbonyl (C=O) groups is 1. The van der Waals surface area contributed by atoms with Crippen molar-refractivity contribution in [1.82, 2.24) is 5.32 Å². The molecular formula is C23H28F2N3O+. The molecule has 154 valence electrons. The summed E-state index contributed by atoms with van der Waals surface area (Å²) in [5, 5.41) is 5.51. The molecule has 2 aliphatic rings. The zero-order valence-electron chi connectivity index (χ0n) is 16.7. The number of hydrogen-bond acceptors (Lipinski definition) is 1. The van der Waals surface area contributed by atoms with E-state index in [0.717, 1.165) is 31.5 Å². The molecule has 2 unspecified atom stereocenters. The van der Waals surface area contributed by atoms with Crippen LogP contribution >= 0.6 is 0 Å². The van der Waals surface area contributed by atoms with E-state index < -0.39 is 17.7 Å². The van der Waals surface area contributed by atoms with Crippen LogP contribution in [-0.2, 0) is 6.54 Å². The molecular weight excluding hydrogens is 372 g/mol. The van der Waals surface area contributed by atoms with Crippen LogP contribution < -0.4 is 15.5 Å². The Kier molecular flexibility index (Phi) is 5.81. The number of piperidine rings is 2. The van der Waals surface area contributed by atoms with Crippen molar-refractivity contribution in [1.29, 1.82) is 0 Å². The van der Waals surface area contributed by atoms with E-state index in [4.69, 9.17) is 0 Å². The highest BCUT2D eigenvalue weighted by Crippen LogP contribution is 2.23. The summed E-state index contributed by atoms with van der Waals surface area (Å²) in [6.45, 7) is 3.13. The van der Waals surface area contributed by atoms with Gasteiger partial charge in [0.2, 0.25) is 0 Å². The lowest BCUT2D eigenvalue weighted by atomic mass is 9.81. The molecule has 2 amide bonds. The maximum atomic E-state index is 13.8. The fourth-order valence-electron chi connectivity index (χ4n) is 4.92. The number of urea groups is 1. The minimum atomic E-state index is -0.769. The van der Waals surface area contributed by atoms with Gasteiger partial charge >= 0.3 is 6.03 Å². The van der Waals surface area contributed by atoms with Crippen LogP contribution in [0.5, 0.6) is 0 Å². The lowest BCUT2D eigenvalue weighted by Gasteiger charge is -2.46. The Morgan fingerprint density at radius 2 is 1.76 bits per heavy atom. The molecule has 6 heteroatoms. The zero-order valence-corrected chi connectivity index (χ0v) is 16.7. The molecule has 2 heterocycles. The Labute approximate surface area is 170 Å². The van der Waals surface area contributed by atoms with Crippen LogP contribution in [0.1, 0.15) is 43.2 Å².